The third kappa shape index (κ3) is 5.79. The van der Waals surface area contributed by atoms with E-state index in [1.165, 1.54) is 18.5 Å². The highest BCUT2D eigenvalue weighted by molar-refractivity contribution is 7.92. The second kappa shape index (κ2) is 10.4. The van der Waals surface area contributed by atoms with Crippen molar-refractivity contribution >= 4 is 50.8 Å². The molecule has 0 aliphatic heterocycles. The van der Waals surface area contributed by atoms with E-state index in [9.17, 15) is 13.2 Å². The molecule has 4 aromatic rings. The van der Waals surface area contributed by atoms with Crippen molar-refractivity contribution in [2.45, 2.75) is 18.4 Å². The molecular formula is C25H20Cl2N4O3S. The minimum atomic E-state index is -3.94. The SMILES string of the molecule is Cc1ccc(S(=O)(=O)N(Cc2ccc(C(=O)Nc3ccc(Cl)cc3Cl)cc2)c2ncccn2)cc1. The number of aromatic nitrogens is 2. The highest BCUT2D eigenvalue weighted by atomic mass is 35.5. The molecule has 35 heavy (non-hydrogen) atoms. The highest BCUT2D eigenvalue weighted by Gasteiger charge is 2.27. The maximum Gasteiger partial charge on any atom is 0.266 e. The Kier molecular flexibility index (Phi) is 7.35. The number of anilines is 2. The van der Waals surface area contributed by atoms with E-state index in [1.807, 2.05) is 6.92 Å². The Morgan fingerprint density at radius 3 is 2.23 bits per heavy atom. The number of carbonyl (C=O) groups is 1. The van der Waals surface area contributed by atoms with Crippen molar-refractivity contribution in [1.82, 2.24) is 9.97 Å². The zero-order valence-corrected chi connectivity index (χ0v) is 20.8. The van der Waals surface area contributed by atoms with Gasteiger partial charge in [-0.3, -0.25) is 4.79 Å². The van der Waals surface area contributed by atoms with Crippen LogP contribution in [0.2, 0.25) is 10.0 Å². The fourth-order valence-corrected chi connectivity index (χ4v) is 5.05. The molecule has 0 aliphatic carbocycles. The monoisotopic (exact) mass is 526 g/mol. The van der Waals surface area contributed by atoms with Crippen molar-refractivity contribution in [2.24, 2.45) is 0 Å². The number of hydrogen-bond acceptors (Lipinski definition) is 5. The molecule has 1 amide bonds. The van der Waals surface area contributed by atoms with E-state index >= 15 is 0 Å². The minimum absolute atomic E-state index is 0.0227. The van der Waals surface area contributed by atoms with Gasteiger partial charge in [0, 0.05) is 23.0 Å². The van der Waals surface area contributed by atoms with Crippen LogP contribution in [0.3, 0.4) is 0 Å². The summed E-state index contributed by atoms with van der Waals surface area (Å²) in [5.41, 5.74) is 2.40. The normalized spacial score (nSPS) is 11.2. The van der Waals surface area contributed by atoms with Gasteiger partial charge < -0.3 is 5.32 Å². The number of rotatable bonds is 7. The Bertz CT molecular complexity index is 1450. The number of benzene rings is 3. The number of aryl methyl sites for hydroxylation is 1. The van der Waals surface area contributed by atoms with Gasteiger partial charge in [0.25, 0.3) is 15.9 Å². The zero-order valence-electron chi connectivity index (χ0n) is 18.5. The topological polar surface area (TPSA) is 92.3 Å². The van der Waals surface area contributed by atoms with Gasteiger partial charge >= 0.3 is 0 Å². The van der Waals surface area contributed by atoms with Crippen LogP contribution in [-0.2, 0) is 16.6 Å². The lowest BCUT2D eigenvalue weighted by Crippen LogP contribution is -2.32. The van der Waals surface area contributed by atoms with Gasteiger partial charge in [-0.25, -0.2) is 22.7 Å². The van der Waals surface area contributed by atoms with Crippen LogP contribution in [0.25, 0.3) is 0 Å². The second-order valence-corrected chi connectivity index (χ2v) is 10.4. The molecule has 178 valence electrons. The summed E-state index contributed by atoms with van der Waals surface area (Å²) in [5.74, 6) is -0.316. The van der Waals surface area contributed by atoms with E-state index in [0.717, 1.165) is 9.87 Å². The first-order valence-electron chi connectivity index (χ1n) is 10.5. The van der Waals surface area contributed by atoms with Gasteiger partial charge in [0.05, 0.1) is 22.2 Å². The molecular weight excluding hydrogens is 507 g/mol. The Labute approximate surface area is 213 Å². The predicted molar refractivity (Wildman–Crippen MR) is 137 cm³/mol. The zero-order chi connectivity index (χ0) is 25.0. The average Bonchev–Trinajstić information content (AvgIpc) is 2.85. The number of carbonyl (C=O) groups excluding carboxylic acids is 1. The Morgan fingerprint density at radius 2 is 1.60 bits per heavy atom. The van der Waals surface area contributed by atoms with Crippen molar-refractivity contribution in [3.8, 4) is 0 Å². The maximum absolute atomic E-state index is 13.4. The molecule has 0 spiro atoms. The van der Waals surface area contributed by atoms with Gasteiger partial charge in [0.15, 0.2) is 0 Å². The fourth-order valence-electron chi connectivity index (χ4n) is 3.23. The first kappa shape index (κ1) is 24.7. The molecule has 0 unspecified atom stereocenters. The number of halogens is 2. The quantitative estimate of drug-likeness (QED) is 0.331. The van der Waals surface area contributed by atoms with E-state index in [1.54, 1.807) is 66.7 Å². The molecule has 3 aromatic carbocycles. The lowest BCUT2D eigenvalue weighted by atomic mass is 10.1. The van der Waals surface area contributed by atoms with E-state index in [2.05, 4.69) is 15.3 Å². The van der Waals surface area contributed by atoms with E-state index in [0.29, 0.717) is 26.9 Å². The van der Waals surface area contributed by atoms with E-state index in [-0.39, 0.29) is 23.3 Å². The van der Waals surface area contributed by atoms with Gasteiger partial charge in [-0.15, -0.1) is 0 Å². The summed E-state index contributed by atoms with van der Waals surface area (Å²) in [6.07, 6.45) is 2.96. The summed E-state index contributed by atoms with van der Waals surface area (Å²) in [6, 6.07) is 19.5. The van der Waals surface area contributed by atoms with Crippen LogP contribution in [0, 0.1) is 6.92 Å². The highest BCUT2D eigenvalue weighted by Crippen LogP contribution is 2.26. The van der Waals surface area contributed by atoms with Crippen LogP contribution in [0.5, 0.6) is 0 Å². The van der Waals surface area contributed by atoms with Crippen molar-refractivity contribution < 1.29 is 13.2 Å². The maximum atomic E-state index is 13.4. The molecule has 1 aromatic heterocycles. The third-order valence-electron chi connectivity index (χ3n) is 5.11. The summed E-state index contributed by atoms with van der Waals surface area (Å²) in [5, 5.41) is 3.52. The molecule has 7 nitrogen and oxygen atoms in total. The summed E-state index contributed by atoms with van der Waals surface area (Å²) in [4.78, 5) is 21.1. The van der Waals surface area contributed by atoms with Crippen molar-refractivity contribution in [3.05, 3.63) is 112 Å². The summed E-state index contributed by atoms with van der Waals surface area (Å²) >= 11 is 12.0. The molecule has 1 heterocycles. The van der Waals surface area contributed by atoms with Gasteiger partial charge in [-0.05, 0) is 61.0 Å². The second-order valence-electron chi connectivity index (χ2n) is 7.65. The van der Waals surface area contributed by atoms with Gasteiger partial charge in [-0.1, -0.05) is 53.0 Å². The molecule has 0 atom stereocenters. The summed E-state index contributed by atoms with van der Waals surface area (Å²) < 4.78 is 28.0. The van der Waals surface area contributed by atoms with Crippen LogP contribution < -0.4 is 9.62 Å². The molecule has 10 heteroatoms. The molecule has 0 radical (unpaired) electrons. The van der Waals surface area contributed by atoms with Crippen LogP contribution in [0.1, 0.15) is 21.5 Å². The molecule has 4 rings (SSSR count). The standard InChI is InChI=1S/C25H20Cl2N4O3S/c1-17-3-10-21(11-4-17)35(33,34)31(25-28-13-2-14-29-25)16-18-5-7-19(8-6-18)24(32)30-23-12-9-20(26)15-22(23)27/h2-15H,16H2,1H3,(H,30,32). The minimum Gasteiger partial charge on any atom is -0.321 e. The van der Waals surface area contributed by atoms with Crippen LogP contribution >= 0.6 is 23.2 Å². The molecule has 0 saturated carbocycles. The molecule has 0 bridgehead atoms. The lowest BCUT2D eigenvalue weighted by Gasteiger charge is -2.22. The number of nitrogens with zero attached hydrogens (tertiary/aromatic N) is 3. The number of hydrogen-bond donors (Lipinski definition) is 1. The molecule has 0 saturated heterocycles. The summed E-state index contributed by atoms with van der Waals surface area (Å²) in [7, 11) is -3.94. The van der Waals surface area contributed by atoms with Gasteiger partial charge in [0.1, 0.15) is 0 Å². The van der Waals surface area contributed by atoms with E-state index < -0.39 is 10.0 Å². The van der Waals surface area contributed by atoms with Crippen LogP contribution in [0.15, 0.2) is 90.1 Å². The fraction of sp³-hybridized carbons (Fsp3) is 0.0800. The predicted octanol–water partition coefficient (Wildman–Crippen LogP) is 5.74. The van der Waals surface area contributed by atoms with E-state index in [4.69, 9.17) is 23.2 Å². The van der Waals surface area contributed by atoms with Gasteiger partial charge in [0.2, 0.25) is 5.95 Å². The van der Waals surface area contributed by atoms with Crippen LogP contribution in [0.4, 0.5) is 11.6 Å². The average molecular weight is 527 g/mol. The molecule has 1 N–H and O–H groups in total. The third-order valence-corrected chi connectivity index (χ3v) is 7.39. The van der Waals surface area contributed by atoms with Crippen LogP contribution in [-0.4, -0.2) is 24.3 Å². The Hall–Kier alpha value is -3.46. The number of sulfonamides is 1. The Balaban J connectivity index is 1.58. The molecule has 0 aliphatic rings. The number of amides is 1. The smallest absolute Gasteiger partial charge is 0.266 e. The largest absolute Gasteiger partial charge is 0.321 e. The van der Waals surface area contributed by atoms with Crippen molar-refractivity contribution in [3.63, 3.8) is 0 Å². The number of nitrogens with one attached hydrogen (secondary N) is 1. The first-order chi connectivity index (χ1) is 16.7. The molecule has 0 fully saturated rings. The summed E-state index contributed by atoms with van der Waals surface area (Å²) in [6.45, 7) is 1.86. The lowest BCUT2D eigenvalue weighted by molar-refractivity contribution is 0.102. The first-order valence-corrected chi connectivity index (χ1v) is 12.7. The van der Waals surface area contributed by atoms with Gasteiger partial charge in [-0.2, -0.15) is 0 Å². The van der Waals surface area contributed by atoms with Crippen molar-refractivity contribution in [1.29, 1.82) is 0 Å². The van der Waals surface area contributed by atoms with Crippen molar-refractivity contribution in [2.75, 3.05) is 9.62 Å². The Morgan fingerprint density at radius 1 is 0.943 bits per heavy atom.